The first-order chi connectivity index (χ1) is 9.51. The van der Waals surface area contributed by atoms with Crippen LogP contribution in [0.15, 0.2) is 27.8 Å². The van der Waals surface area contributed by atoms with Crippen molar-refractivity contribution >= 4 is 11.0 Å². The molecule has 0 bridgehead atoms. The molecule has 1 aromatic rings. The SMILES string of the molecule is COc1cc2c(cc1C)nc1c(=O)[nH]c(=O)cc-1n2C. The number of ether oxygens (including phenoxy) is 1. The summed E-state index contributed by atoms with van der Waals surface area (Å²) in [6.45, 7) is 1.91. The van der Waals surface area contributed by atoms with E-state index in [1.807, 2.05) is 19.1 Å². The van der Waals surface area contributed by atoms with E-state index in [0.29, 0.717) is 11.2 Å². The number of aromatic nitrogens is 3. The molecule has 0 amide bonds. The molecule has 0 unspecified atom stereocenters. The van der Waals surface area contributed by atoms with Crippen molar-refractivity contribution in [2.75, 3.05) is 7.11 Å². The second kappa shape index (κ2) is 4.19. The summed E-state index contributed by atoms with van der Waals surface area (Å²) >= 11 is 0. The van der Waals surface area contributed by atoms with Crippen LogP contribution in [0.4, 0.5) is 0 Å². The van der Waals surface area contributed by atoms with Crippen molar-refractivity contribution in [3.8, 4) is 17.1 Å². The number of benzene rings is 1. The molecule has 0 saturated heterocycles. The van der Waals surface area contributed by atoms with Gasteiger partial charge in [-0.15, -0.1) is 0 Å². The molecule has 0 fully saturated rings. The minimum atomic E-state index is -0.474. The molecule has 0 radical (unpaired) electrons. The van der Waals surface area contributed by atoms with Gasteiger partial charge in [0, 0.05) is 19.2 Å². The van der Waals surface area contributed by atoms with Crippen molar-refractivity contribution < 1.29 is 4.74 Å². The molecule has 0 aromatic heterocycles. The van der Waals surface area contributed by atoms with Gasteiger partial charge in [0.25, 0.3) is 11.1 Å². The predicted octanol–water partition coefficient (Wildman–Crippen LogP) is 1.04. The lowest BCUT2D eigenvalue weighted by molar-refractivity contribution is 0.412. The maximum atomic E-state index is 11.8. The Morgan fingerprint density at radius 2 is 2.00 bits per heavy atom. The van der Waals surface area contributed by atoms with Gasteiger partial charge in [-0.25, -0.2) is 4.98 Å². The summed E-state index contributed by atoms with van der Waals surface area (Å²) in [5, 5.41) is 0. The van der Waals surface area contributed by atoms with Gasteiger partial charge >= 0.3 is 0 Å². The van der Waals surface area contributed by atoms with E-state index in [2.05, 4.69) is 9.97 Å². The summed E-state index contributed by atoms with van der Waals surface area (Å²) in [7, 11) is 3.39. The Labute approximate surface area is 114 Å². The highest BCUT2D eigenvalue weighted by molar-refractivity contribution is 5.82. The number of aryl methyl sites for hydroxylation is 2. The van der Waals surface area contributed by atoms with Gasteiger partial charge < -0.3 is 9.30 Å². The van der Waals surface area contributed by atoms with Crippen LogP contribution in [0.1, 0.15) is 5.56 Å². The lowest BCUT2D eigenvalue weighted by atomic mass is 10.1. The van der Waals surface area contributed by atoms with E-state index >= 15 is 0 Å². The van der Waals surface area contributed by atoms with Gasteiger partial charge in [-0.2, -0.15) is 0 Å². The summed E-state index contributed by atoms with van der Waals surface area (Å²) in [5.41, 5.74) is 2.26. The summed E-state index contributed by atoms with van der Waals surface area (Å²) < 4.78 is 7.07. The highest BCUT2D eigenvalue weighted by atomic mass is 16.5. The van der Waals surface area contributed by atoms with Gasteiger partial charge in [-0.3, -0.25) is 14.6 Å². The standard InChI is InChI=1S/C14H13N3O3/c1-7-4-8-9(5-11(7)20-3)17(2)10-6-12(18)16-14(19)13(10)15-8/h4-6H,1-3H3,(H,16,18,19). The first-order valence-electron chi connectivity index (χ1n) is 6.09. The van der Waals surface area contributed by atoms with E-state index < -0.39 is 11.1 Å². The lowest BCUT2D eigenvalue weighted by Gasteiger charge is -2.15. The van der Waals surface area contributed by atoms with Crippen LogP contribution in [0.3, 0.4) is 0 Å². The average Bonchev–Trinajstić information content (AvgIpc) is 2.40. The maximum absolute atomic E-state index is 11.8. The minimum absolute atomic E-state index is 0.254. The smallest absolute Gasteiger partial charge is 0.278 e. The molecule has 0 saturated carbocycles. The largest absolute Gasteiger partial charge is 0.496 e. The van der Waals surface area contributed by atoms with Crippen molar-refractivity contribution in [1.82, 2.24) is 14.5 Å². The van der Waals surface area contributed by atoms with Crippen LogP contribution in [-0.4, -0.2) is 21.6 Å². The van der Waals surface area contributed by atoms with Crippen LogP contribution in [0, 0.1) is 6.92 Å². The number of methoxy groups -OCH3 is 1. The monoisotopic (exact) mass is 271 g/mol. The van der Waals surface area contributed by atoms with Crippen molar-refractivity contribution in [2.45, 2.75) is 6.92 Å². The predicted molar refractivity (Wildman–Crippen MR) is 75.5 cm³/mol. The minimum Gasteiger partial charge on any atom is -0.496 e. The second-order valence-electron chi connectivity index (χ2n) is 4.68. The molecule has 2 aliphatic heterocycles. The van der Waals surface area contributed by atoms with Crippen LogP contribution < -0.4 is 15.9 Å². The molecule has 1 N–H and O–H groups in total. The van der Waals surface area contributed by atoms with Crippen LogP contribution in [-0.2, 0) is 7.05 Å². The van der Waals surface area contributed by atoms with E-state index in [4.69, 9.17) is 4.74 Å². The van der Waals surface area contributed by atoms with Gasteiger partial charge in [0.2, 0.25) is 0 Å². The zero-order valence-corrected chi connectivity index (χ0v) is 11.4. The molecule has 6 nitrogen and oxygen atoms in total. The average molecular weight is 271 g/mol. The van der Waals surface area contributed by atoms with E-state index in [1.165, 1.54) is 6.07 Å². The molecule has 0 atom stereocenters. The van der Waals surface area contributed by atoms with Crippen molar-refractivity contribution in [3.05, 3.63) is 44.5 Å². The number of aromatic amines is 1. The fraction of sp³-hybridized carbons (Fsp3) is 0.214. The first kappa shape index (κ1) is 12.4. The Kier molecular flexibility index (Phi) is 2.60. The summed E-state index contributed by atoms with van der Waals surface area (Å²) in [6.07, 6.45) is 0. The first-order valence-corrected chi connectivity index (χ1v) is 6.09. The normalized spacial score (nSPS) is 11.2. The van der Waals surface area contributed by atoms with Gasteiger partial charge in [-0.1, -0.05) is 0 Å². The Morgan fingerprint density at radius 1 is 1.25 bits per heavy atom. The highest BCUT2D eigenvalue weighted by Gasteiger charge is 2.16. The number of nitrogens with one attached hydrogen (secondary N) is 1. The zero-order valence-electron chi connectivity index (χ0n) is 11.4. The molecule has 0 aliphatic carbocycles. The van der Waals surface area contributed by atoms with Crippen molar-refractivity contribution in [3.63, 3.8) is 0 Å². The lowest BCUT2D eigenvalue weighted by Crippen LogP contribution is -2.24. The van der Waals surface area contributed by atoms with E-state index in [9.17, 15) is 9.59 Å². The fourth-order valence-corrected chi connectivity index (χ4v) is 2.37. The number of nitrogens with zero attached hydrogens (tertiary/aromatic N) is 2. The van der Waals surface area contributed by atoms with Gasteiger partial charge in [0.15, 0.2) is 5.69 Å². The van der Waals surface area contributed by atoms with Gasteiger partial charge in [-0.05, 0) is 18.6 Å². The molecule has 2 heterocycles. The molecule has 3 rings (SSSR count). The molecule has 6 heteroatoms. The number of rotatable bonds is 1. The van der Waals surface area contributed by atoms with Crippen LogP contribution in [0.2, 0.25) is 0 Å². The maximum Gasteiger partial charge on any atom is 0.278 e. The number of pyridine rings is 1. The zero-order chi connectivity index (χ0) is 14.4. The molecule has 2 aliphatic rings. The summed E-state index contributed by atoms with van der Waals surface area (Å²) in [4.78, 5) is 29.9. The Balaban J connectivity index is 2.55. The third-order valence-corrected chi connectivity index (χ3v) is 3.41. The topological polar surface area (TPSA) is 77.0 Å². The number of fused-ring (bicyclic) bond motifs is 2. The van der Waals surface area contributed by atoms with Crippen LogP contribution in [0.5, 0.6) is 5.75 Å². The number of hydrogen-bond donors (Lipinski definition) is 1. The summed E-state index contributed by atoms with van der Waals surface area (Å²) in [6, 6.07) is 5.08. The molecule has 20 heavy (non-hydrogen) atoms. The Bertz CT molecular complexity index is 908. The van der Waals surface area contributed by atoms with Gasteiger partial charge in [0.1, 0.15) is 5.75 Å². The molecule has 0 spiro atoms. The van der Waals surface area contributed by atoms with Crippen LogP contribution >= 0.6 is 0 Å². The molecule has 1 aromatic carbocycles. The molecule has 102 valence electrons. The fourth-order valence-electron chi connectivity index (χ4n) is 2.37. The highest BCUT2D eigenvalue weighted by Crippen LogP contribution is 2.27. The van der Waals surface area contributed by atoms with Crippen molar-refractivity contribution in [2.24, 2.45) is 7.05 Å². The van der Waals surface area contributed by atoms with E-state index in [0.717, 1.165) is 16.8 Å². The van der Waals surface area contributed by atoms with Crippen LogP contribution in [0.25, 0.3) is 22.4 Å². The van der Waals surface area contributed by atoms with E-state index in [1.54, 1.807) is 18.7 Å². The number of H-pyrrole nitrogens is 1. The summed E-state index contributed by atoms with van der Waals surface area (Å²) in [5.74, 6) is 0.737. The molecular formula is C14H13N3O3. The third kappa shape index (κ3) is 1.69. The quantitative estimate of drug-likeness (QED) is 0.671. The molecular weight excluding hydrogens is 258 g/mol. The van der Waals surface area contributed by atoms with E-state index in [-0.39, 0.29) is 5.69 Å². The number of hydrogen-bond acceptors (Lipinski definition) is 4. The Morgan fingerprint density at radius 3 is 2.70 bits per heavy atom. The third-order valence-electron chi connectivity index (χ3n) is 3.41. The Hall–Kier alpha value is -2.63. The van der Waals surface area contributed by atoms with Crippen molar-refractivity contribution in [1.29, 1.82) is 0 Å². The second-order valence-corrected chi connectivity index (χ2v) is 4.68. The van der Waals surface area contributed by atoms with Gasteiger partial charge in [0.05, 0.1) is 23.8 Å².